The third-order valence-corrected chi connectivity index (χ3v) is 4.04. The summed E-state index contributed by atoms with van der Waals surface area (Å²) in [5.74, 6) is 0.792. The lowest BCUT2D eigenvalue weighted by molar-refractivity contribution is 0.0600. The smallest absolute Gasteiger partial charge is 0.337 e. The molecule has 2 N–H and O–H groups in total. The van der Waals surface area contributed by atoms with Gasteiger partial charge in [0.25, 0.3) is 0 Å². The van der Waals surface area contributed by atoms with E-state index in [0.29, 0.717) is 36.1 Å². The summed E-state index contributed by atoms with van der Waals surface area (Å²) in [4.78, 5) is 16.3. The van der Waals surface area contributed by atoms with Crippen molar-refractivity contribution in [3.05, 3.63) is 83.0 Å². The van der Waals surface area contributed by atoms with E-state index >= 15 is 0 Å². The fourth-order valence-corrected chi connectivity index (χ4v) is 2.68. The molecule has 0 fully saturated rings. The van der Waals surface area contributed by atoms with Crippen molar-refractivity contribution in [2.75, 3.05) is 7.11 Å². The molecule has 1 heterocycles. The van der Waals surface area contributed by atoms with Gasteiger partial charge in [-0.15, -0.1) is 0 Å². The molecule has 0 spiro atoms. The maximum Gasteiger partial charge on any atom is 0.337 e. The van der Waals surface area contributed by atoms with Gasteiger partial charge in [0.15, 0.2) is 11.5 Å². The summed E-state index contributed by atoms with van der Waals surface area (Å²) < 4.78 is 16.7. The fourth-order valence-electron chi connectivity index (χ4n) is 2.68. The molecule has 1 aromatic heterocycles. The van der Waals surface area contributed by atoms with Crippen LogP contribution in [0.15, 0.2) is 60.7 Å². The quantitative estimate of drug-likeness (QED) is 0.626. The van der Waals surface area contributed by atoms with Crippen molar-refractivity contribution in [3.63, 3.8) is 0 Å². The number of aromatic nitrogens is 1. The van der Waals surface area contributed by atoms with Crippen molar-refractivity contribution in [2.45, 2.75) is 20.1 Å². The Morgan fingerprint density at radius 2 is 1.79 bits per heavy atom. The third kappa shape index (κ3) is 4.86. The average molecular weight is 378 g/mol. The summed E-state index contributed by atoms with van der Waals surface area (Å²) in [6.07, 6.45) is 0. The van der Waals surface area contributed by atoms with E-state index in [9.17, 15) is 4.79 Å². The first-order valence-corrected chi connectivity index (χ1v) is 8.83. The van der Waals surface area contributed by atoms with Crippen LogP contribution in [-0.4, -0.2) is 18.1 Å². The van der Waals surface area contributed by atoms with Crippen LogP contribution in [0.4, 0.5) is 0 Å². The lowest BCUT2D eigenvalue weighted by Gasteiger charge is -2.14. The zero-order valence-corrected chi connectivity index (χ0v) is 15.8. The second-order valence-corrected chi connectivity index (χ2v) is 6.19. The van der Waals surface area contributed by atoms with Crippen LogP contribution in [-0.2, 0) is 17.9 Å². The summed E-state index contributed by atoms with van der Waals surface area (Å²) >= 11 is 0. The number of methoxy groups -OCH3 is 1. The highest BCUT2D eigenvalue weighted by molar-refractivity contribution is 5.90. The summed E-state index contributed by atoms with van der Waals surface area (Å²) in [5.41, 5.74) is 8.80. The Bertz CT molecular complexity index is 958. The Hall–Kier alpha value is -3.38. The van der Waals surface area contributed by atoms with Crippen molar-refractivity contribution in [3.8, 4) is 17.4 Å². The molecule has 0 aliphatic heterocycles. The summed E-state index contributed by atoms with van der Waals surface area (Å²) in [6, 6.07) is 18.3. The minimum atomic E-state index is -0.459. The minimum absolute atomic E-state index is 0.358. The second-order valence-electron chi connectivity index (χ2n) is 6.19. The number of nitrogens with two attached hydrogens (primary N) is 1. The van der Waals surface area contributed by atoms with Crippen LogP contribution in [0, 0.1) is 6.92 Å². The molecule has 0 radical (unpaired) electrons. The fraction of sp³-hybridized carbons (Fsp3) is 0.182. The van der Waals surface area contributed by atoms with E-state index in [0.717, 1.165) is 16.8 Å². The van der Waals surface area contributed by atoms with Gasteiger partial charge in [-0.3, -0.25) is 0 Å². The number of rotatable bonds is 7. The highest BCUT2D eigenvalue weighted by Gasteiger charge is 2.14. The van der Waals surface area contributed by atoms with Gasteiger partial charge < -0.3 is 19.9 Å². The first-order valence-electron chi connectivity index (χ1n) is 8.83. The summed E-state index contributed by atoms with van der Waals surface area (Å²) in [6.45, 7) is 2.60. The van der Waals surface area contributed by atoms with E-state index in [4.69, 9.17) is 19.9 Å². The number of benzene rings is 2. The van der Waals surface area contributed by atoms with Crippen molar-refractivity contribution in [1.82, 2.24) is 4.98 Å². The lowest BCUT2D eigenvalue weighted by atomic mass is 10.2. The van der Waals surface area contributed by atoms with Crippen LogP contribution in [0.5, 0.6) is 17.4 Å². The summed E-state index contributed by atoms with van der Waals surface area (Å²) in [7, 11) is 1.33. The number of nitrogens with zero attached hydrogens (tertiary/aromatic N) is 1. The van der Waals surface area contributed by atoms with E-state index in [-0.39, 0.29) is 0 Å². The van der Waals surface area contributed by atoms with Crippen molar-refractivity contribution < 1.29 is 19.0 Å². The summed E-state index contributed by atoms with van der Waals surface area (Å²) in [5, 5.41) is 0. The van der Waals surface area contributed by atoms with Gasteiger partial charge in [0.1, 0.15) is 6.61 Å². The van der Waals surface area contributed by atoms with Crippen molar-refractivity contribution in [1.29, 1.82) is 0 Å². The number of carbonyl (C=O) groups excluding carboxylic acids is 1. The van der Waals surface area contributed by atoms with Crippen LogP contribution in [0.1, 0.15) is 27.2 Å². The molecule has 3 rings (SSSR count). The Balaban J connectivity index is 1.91. The van der Waals surface area contributed by atoms with Gasteiger partial charge in [-0.1, -0.05) is 30.3 Å². The minimum Gasteiger partial charge on any atom is -0.485 e. The van der Waals surface area contributed by atoms with E-state index < -0.39 is 5.97 Å². The Morgan fingerprint density at radius 1 is 1.00 bits per heavy atom. The first-order chi connectivity index (χ1) is 13.6. The van der Waals surface area contributed by atoms with E-state index in [1.54, 1.807) is 24.3 Å². The van der Waals surface area contributed by atoms with E-state index in [2.05, 4.69) is 4.98 Å². The molecule has 144 valence electrons. The third-order valence-electron chi connectivity index (χ3n) is 4.04. The van der Waals surface area contributed by atoms with Crippen LogP contribution < -0.4 is 15.2 Å². The van der Waals surface area contributed by atoms with Gasteiger partial charge in [-0.2, -0.15) is 0 Å². The maximum absolute atomic E-state index is 11.9. The SMILES string of the molecule is COC(=O)c1ccc(OCc2ccccc2)c(Oc2cc(CN)cc(C)n2)c1. The van der Waals surface area contributed by atoms with Crippen LogP contribution >= 0.6 is 0 Å². The molecule has 0 aliphatic carbocycles. The van der Waals surface area contributed by atoms with Gasteiger partial charge in [0.2, 0.25) is 5.88 Å². The molecular weight excluding hydrogens is 356 g/mol. The van der Waals surface area contributed by atoms with Crippen molar-refractivity contribution in [2.24, 2.45) is 5.73 Å². The number of esters is 1. The highest BCUT2D eigenvalue weighted by atomic mass is 16.5. The van der Waals surface area contributed by atoms with Gasteiger partial charge in [-0.25, -0.2) is 9.78 Å². The van der Waals surface area contributed by atoms with Crippen LogP contribution in [0.3, 0.4) is 0 Å². The average Bonchev–Trinajstić information content (AvgIpc) is 2.72. The zero-order chi connectivity index (χ0) is 19.9. The molecule has 6 nitrogen and oxygen atoms in total. The number of pyridine rings is 1. The molecule has 2 aromatic carbocycles. The molecule has 28 heavy (non-hydrogen) atoms. The first kappa shape index (κ1) is 19.4. The Labute approximate surface area is 163 Å². The Kier molecular flexibility index (Phi) is 6.24. The predicted octanol–water partition coefficient (Wildman–Crippen LogP) is 4.01. The lowest BCUT2D eigenvalue weighted by Crippen LogP contribution is -2.04. The standard InChI is InChI=1S/C22H22N2O4/c1-15-10-17(13-23)11-21(24-15)28-20-12-18(22(25)26-2)8-9-19(20)27-14-16-6-4-3-5-7-16/h3-12H,13-14,23H2,1-2H3. The number of carbonyl (C=O) groups is 1. The van der Waals surface area contributed by atoms with Gasteiger partial charge in [0.05, 0.1) is 12.7 Å². The zero-order valence-electron chi connectivity index (χ0n) is 15.8. The molecule has 0 saturated heterocycles. The van der Waals surface area contributed by atoms with E-state index in [1.807, 2.05) is 43.3 Å². The van der Waals surface area contributed by atoms with Gasteiger partial charge in [0, 0.05) is 18.3 Å². The molecule has 0 aliphatic rings. The molecule has 0 saturated carbocycles. The molecule has 0 bridgehead atoms. The number of ether oxygens (including phenoxy) is 3. The number of aryl methyl sites for hydroxylation is 1. The van der Waals surface area contributed by atoms with Crippen molar-refractivity contribution >= 4 is 5.97 Å². The van der Waals surface area contributed by atoms with Crippen LogP contribution in [0.2, 0.25) is 0 Å². The molecule has 6 heteroatoms. The topological polar surface area (TPSA) is 83.7 Å². The molecule has 3 aromatic rings. The van der Waals surface area contributed by atoms with Gasteiger partial charge >= 0.3 is 5.97 Å². The molecular formula is C22H22N2O4. The number of hydrogen-bond donors (Lipinski definition) is 1. The predicted molar refractivity (Wildman–Crippen MR) is 105 cm³/mol. The van der Waals surface area contributed by atoms with Gasteiger partial charge in [-0.05, 0) is 42.3 Å². The van der Waals surface area contributed by atoms with E-state index in [1.165, 1.54) is 7.11 Å². The molecule has 0 amide bonds. The normalized spacial score (nSPS) is 10.4. The van der Waals surface area contributed by atoms with Crippen LogP contribution in [0.25, 0.3) is 0 Å². The highest BCUT2D eigenvalue weighted by Crippen LogP contribution is 2.33. The maximum atomic E-state index is 11.9. The second kappa shape index (κ2) is 9.01. The number of hydrogen-bond acceptors (Lipinski definition) is 6. The monoisotopic (exact) mass is 378 g/mol. The molecule has 0 unspecified atom stereocenters. The largest absolute Gasteiger partial charge is 0.485 e. The Morgan fingerprint density at radius 3 is 2.50 bits per heavy atom. The molecule has 0 atom stereocenters.